The summed E-state index contributed by atoms with van der Waals surface area (Å²) in [5.74, 6) is 1.05. The summed E-state index contributed by atoms with van der Waals surface area (Å²) >= 11 is 2.78. The Balaban J connectivity index is 2.24. The molecule has 0 radical (unpaired) electrons. The van der Waals surface area contributed by atoms with Gasteiger partial charge in [0.1, 0.15) is 9.84 Å². The van der Waals surface area contributed by atoms with Crippen molar-refractivity contribution < 1.29 is 13.2 Å². The van der Waals surface area contributed by atoms with Crippen molar-refractivity contribution in [3.05, 3.63) is 22.4 Å². The monoisotopic (exact) mass is 264 g/mol. The van der Waals surface area contributed by atoms with E-state index in [-0.39, 0.29) is 11.5 Å². The number of hydrogen-bond acceptors (Lipinski definition) is 5. The van der Waals surface area contributed by atoms with Gasteiger partial charge < -0.3 is 0 Å². The van der Waals surface area contributed by atoms with E-state index in [0.717, 1.165) is 4.88 Å². The highest BCUT2D eigenvalue weighted by Gasteiger charge is 2.07. The van der Waals surface area contributed by atoms with Crippen LogP contribution in [0.2, 0.25) is 0 Å². The number of Topliss-reactive ketones (excluding diaryl/α,β-unsaturated/α-hetero) is 1. The van der Waals surface area contributed by atoms with Crippen molar-refractivity contribution in [2.24, 2.45) is 0 Å². The van der Waals surface area contributed by atoms with Gasteiger partial charge in [-0.05, 0) is 11.4 Å². The van der Waals surface area contributed by atoms with Crippen molar-refractivity contribution in [1.82, 2.24) is 0 Å². The number of rotatable bonds is 6. The van der Waals surface area contributed by atoms with Gasteiger partial charge in [-0.1, -0.05) is 6.07 Å². The molecule has 0 unspecified atom stereocenters. The standard InChI is InChI=1S/C9H12O3S3/c1-15(11,12)6-5-13-7-8(10)9-3-2-4-14-9/h2-4H,5-7H2,1H3. The van der Waals surface area contributed by atoms with Gasteiger partial charge in [-0.3, -0.25) is 4.79 Å². The SMILES string of the molecule is CS(=O)(=O)CCSCC(=O)c1cccs1. The largest absolute Gasteiger partial charge is 0.292 e. The minimum atomic E-state index is -2.91. The highest BCUT2D eigenvalue weighted by Crippen LogP contribution is 2.12. The zero-order chi connectivity index (χ0) is 11.3. The Morgan fingerprint density at radius 2 is 2.27 bits per heavy atom. The van der Waals surface area contributed by atoms with Crippen molar-refractivity contribution in [2.45, 2.75) is 0 Å². The molecular weight excluding hydrogens is 252 g/mol. The fourth-order valence-corrected chi connectivity index (χ4v) is 3.81. The Kier molecular flexibility index (Phi) is 4.82. The summed E-state index contributed by atoms with van der Waals surface area (Å²) in [6.07, 6.45) is 1.20. The van der Waals surface area contributed by atoms with E-state index in [0.29, 0.717) is 11.5 Å². The number of carbonyl (C=O) groups is 1. The van der Waals surface area contributed by atoms with Crippen molar-refractivity contribution in [3.63, 3.8) is 0 Å². The van der Waals surface area contributed by atoms with Crippen LogP contribution in [-0.4, -0.2) is 37.7 Å². The maximum atomic E-state index is 11.5. The molecule has 0 aliphatic carbocycles. The summed E-state index contributed by atoms with van der Waals surface area (Å²) in [7, 11) is -2.91. The van der Waals surface area contributed by atoms with Crippen LogP contribution in [0, 0.1) is 0 Å². The van der Waals surface area contributed by atoms with Crippen LogP contribution in [0.4, 0.5) is 0 Å². The third-order valence-electron chi connectivity index (χ3n) is 1.63. The molecule has 1 rings (SSSR count). The molecule has 0 atom stereocenters. The van der Waals surface area contributed by atoms with E-state index >= 15 is 0 Å². The van der Waals surface area contributed by atoms with Gasteiger partial charge in [0.05, 0.1) is 16.4 Å². The highest BCUT2D eigenvalue weighted by atomic mass is 32.2. The number of thioether (sulfide) groups is 1. The molecule has 0 saturated carbocycles. The first-order chi connectivity index (χ1) is 6.99. The summed E-state index contributed by atoms with van der Waals surface area (Å²) in [6, 6.07) is 3.61. The first-order valence-electron chi connectivity index (χ1n) is 4.31. The van der Waals surface area contributed by atoms with Gasteiger partial charge in [-0.25, -0.2) is 8.42 Å². The summed E-state index contributed by atoms with van der Waals surface area (Å²) < 4.78 is 21.6. The second kappa shape index (κ2) is 5.67. The molecule has 0 aromatic carbocycles. The molecule has 0 aliphatic rings. The Labute approximate surface area is 97.8 Å². The molecule has 1 aromatic heterocycles. The van der Waals surface area contributed by atoms with Crippen LogP contribution in [-0.2, 0) is 9.84 Å². The number of thiophene rings is 1. The number of carbonyl (C=O) groups excluding carboxylic acids is 1. The van der Waals surface area contributed by atoms with Crippen LogP contribution in [0.3, 0.4) is 0 Å². The van der Waals surface area contributed by atoms with Crippen molar-refractivity contribution in [2.75, 3.05) is 23.5 Å². The minimum absolute atomic E-state index is 0.0727. The molecule has 84 valence electrons. The molecular formula is C9H12O3S3. The molecule has 0 spiro atoms. The van der Waals surface area contributed by atoms with E-state index < -0.39 is 9.84 Å². The van der Waals surface area contributed by atoms with Gasteiger partial charge in [0.2, 0.25) is 0 Å². The van der Waals surface area contributed by atoms with Gasteiger partial charge in [0, 0.05) is 12.0 Å². The van der Waals surface area contributed by atoms with Crippen LogP contribution in [0.15, 0.2) is 17.5 Å². The Morgan fingerprint density at radius 3 is 2.80 bits per heavy atom. The molecule has 6 heteroatoms. The van der Waals surface area contributed by atoms with Gasteiger partial charge in [-0.15, -0.1) is 11.3 Å². The molecule has 3 nitrogen and oxygen atoms in total. The maximum Gasteiger partial charge on any atom is 0.182 e. The fourth-order valence-electron chi connectivity index (χ4n) is 0.884. The van der Waals surface area contributed by atoms with Gasteiger partial charge in [-0.2, -0.15) is 11.8 Å². The lowest BCUT2D eigenvalue weighted by atomic mass is 10.4. The van der Waals surface area contributed by atoms with E-state index in [1.165, 1.54) is 29.4 Å². The van der Waals surface area contributed by atoms with E-state index in [2.05, 4.69) is 0 Å². The molecule has 0 N–H and O–H groups in total. The number of ketones is 1. The molecule has 0 saturated heterocycles. The van der Waals surface area contributed by atoms with E-state index in [1.807, 2.05) is 11.4 Å². The molecule has 1 aromatic rings. The third-order valence-corrected chi connectivity index (χ3v) is 4.70. The quantitative estimate of drug-likeness (QED) is 0.580. The minimum Gasteiger partial charge on any atom is -0.292 e. The van der Waals surface area contributed by atoms with E-state index in [4.69, 9.17) is 0 Å². The Bertz CT molecular complexity index is 406. The first kappa shape index (κ1) is 12.7. The number of hydrogen-bond donors (Lipinski definition) is 0. The molecule has 0 amide bonds. The molecule has 0 bridgehead atoms. The van der Waals surface area contributed by atoms with Gasteiger partial charge >= 0.3 is 0 Å². The summed E-state index contributed by atoms with van der Waals surface area (Å²) in [5.41, 5.74) is 0. The Morgan fingerprint density at radius 1 is 1.53 bits per heavy atom. The predicted octanol–water partition coefficient (Wildman–Crippen LogP) is 1.71. The summed E-state index contributed by atoms with van der Waals surface area (Å²) in [5, 5.41) is 1.86. The van der Waals surface area contributed by atoms with E-state index in [9.17, 15) is 13.2 Å². The van der Waals surface area contributed by atoms with Crippen LogP contribution < -0.4 is 0 Å². The van der Waals surface area contributed by atoms with Crippen molar-refractivity contribution in [3.8, 4) is 0 Å². The molecule has 15 heavy (non-hydrogen) atoms. The van der Waals surface area contributed by atoms with Gasteiger partial charge in [0.15, 0.2) is 5.78 Å². The molecule has 0 aliphatic heterocycles. The smallest absolute Gasteiger partial charge is 0.182 e. The highest BCUT2D eigenvalue weighted by molar-refractivity contribution is 8.01. The second-order valence-electron chi connectivity index (χ2n) is 3.08. The average molecular weight is 264 g/mol. The van der Waals surface area contributed by atoms with E-state index in [1.54, 1.807) is 6.07 Å². The zero-order valence-electron chi connectivity index (χ0n) is 8.30. The average Bonchev–Trinajstić information content (AvgIpc) is 2.63. The van der Waals surface area contributed by atoms with Crippen LogP contribution in [0.25, 0.3) is 0 Å². The molecule has 1 heterocycles. The fraction of sp³-hybridized carbons (Fsp3) is 0.444. The third kappa shape index (κ3) is 5.34. The normalized spacial score (nSPS) is 11.5. The lowest BCUT2D eigenvalue weighted by Crippen LogP contribution is -2.07. The molecule has 0 fully saturated rings. The van der Waals surface area contributed by atoms with Crippen LogP contribution >= 0.6 is 23.1 Å². The lowest BCUT2D eigenvalue weighted by molar-refractivity contribution is 0.102. The second-order valence-corrected chi connectivity index (χ2v) is 7.40. The maximum absolute atomic E-state index is 11.5. The van der Waals surface area contributed by atoms with Crippen LogP contribution in [0.1, 0.15) is 9.67 Å². The summed E-state index contributed by atoms with van der Waals surface area (Å²) in [6.45, 7) is 0. The Hall–Kier alpha value is -0.330. The first-order valence-corrected chi connectivity index (χ1v) is 8.41. The number of sulfone groups is 1. The topological polar surface area (TPSA) is 51.2 Å². The van der Waals surface area contributed by atoms with Crippen molar-refractivity contribution >= 4 is 38.7 Å². The van der Waals surface area contributed by atoms with Crippen molar-refractivity contribution in [1.29, 1.82) is 0 Å². The van der Waals surface area contributed by atoms with Crippen LogP contribution in [0.5, 0.6) is 0 Å². The predicted molar refractivity (Wildman–Crippen MR) is 65.7 cm³/mol. The lowest BCUT2D eigenvalue weighted by Gasteiger charge is -1.98. The zero-order valence-corrected chi connectivity index (χ0v) is 10.8. The summed E-state index contributed by atoms with van der Waals surface area (Å²) in [4.78, 5) is 12.2. The van der Waals surface area contributed by atoms with Gasteiger partial charge in [0.25, 0.3) is 0 Å².